The van der Waals surface area contributed by atoms with Gasteiger partial charge in [-0.3, -0.25) is 4.79 Å². The molecule has 1 aromatic rings. The summed E-state index contributed by atoms with van der Waals surface area (Å²) in [5.41, 5.74) is 1.05. The Morgan fingerprint density at radius 1 is 1.35 bits per heavy atom. The highest BCUT2D eigenvalue weighted by Crippen LogP contribution is 2.05. The summed E-state index contributed by atoms with van der Waals surface area (Å²) < 4.78 is 0. The molecule has 0 aliphatic carbocycles. The van der Waals surface area contributed by atoms with E-state index in [1.807, 2.05) is 37.3 Å². The predicted molar refractivity (Wildman–Crippen MR) is 69.1 cm³/mol. The highest BCUT2D eigenvalue weighted by Gasteiger charge is 2.19. The van der Waals surface area contributed by atoms with Crippen molar-refractivity contribution in [1.29, 1.82) is 0 Å². The first-order valence-electron chi connectivity index (χ1n) is 6.16. The minimum absolute atomic E-state index is 0.241. The predicted octanol–water partition coefficient (Wildman–Crippen LogP) is 2.46. The van der Waals surface area contributed by atoms with Crippen LogP contribution in [0.3, 0.4) is 0 Å². The lowest BCUT2D eigenvalue weighted by molar-refractivity contribution is -0.139. The molecule has 0 heterocycles. The van der Waals surface area contributed by atoms with E-state index in [0.717, 1.165) is 18.4 Å². The molecule has 17 heavy (non-hydrogen) atoms. The van der Waals surface area contributed by atoms with Gasteiger partial charge in [0, 0.05) is 6.04 Å². The minimum atomic E-state index is -0.781. The van der Waals surface area contributed by atoms with Gasteiger partial charge in [-0.05, 0) is 25.3 Å². The second-order valence-corrected chi connectivity index (χ2v) is 4.44. The number of aliphatic carboxylic acids is 1. The normalized spacial score (nSPS) is 14.2. The molecule has 0 spiro atoms. The molecule has 0 fully saturated rings. The van der Waals surface area contributed by atoms with Crippen LogP contribution in [-0.4, -0.2) is 23.2 Å². The molecule has 0 aliphatic heterocycles. The average Bonchev–Trinajstić information content (AvgIpc) is 2.29. The van der Waals surface area contributed by atoms with Gasteiger partial charge in [-0.15, -0.1) is 0 Å². The lowest BCUT2D eigenvalue weighted by Crippen LogP contribution is -2.43. The minimum Gasteiger partial charge on any atom is -0.480 e. The van der Waals surface area contributed by atoms with E-state index in [1.165, 1.54) is 0 Å². The first kappa shape index (κ1) is 13.7. The number of carboxylic acid groups (broad SMARTS) is 1. The summed E-state index contributed by atoms with van der Waals surface area (Å²) in [6.07, 6.45) is 2.59. The molecule has 0 aromatic heterocycles. The van der Waals surface area contributed by atoms with Crippen molar-refractivity contribution in [1.82, 2.24) is 5.32 Å². The quantitative estimate of drug-likeness (QED) is 0.763. The van der Waals surface area contributed by atoms with E-state index < -0.39 is 12.0 Å². The van der Waals surface area contributed by atoms with Gasteiger partial charge in [0.25, 0.3) is 0 Å². The Kier molecular flexibility index (Phi) is 5.70. The first-order chi connectivity index (χ1) is 8.13. The summed E-state index contributed by atoms with van der Waals surface area (Å²) in [7, 11) is 0. The van der Waals surface area contributed by atoms with E-state index in [9.17, 15) is 9.90 Å². The second-order valence-electron chi connectivity index (χ2n) is 4.44. The van der Waals surface area contributed by atoms with E-state index >= 15 is 0 Å². The van der Waals surface area contributed by atoms with Crippen molar-refractivity contribution in [2.45, 2.75) is 45.2 Å². The standard InChI is InChI=1S/C14H21NO2/c1-3-7-11(2)15-13(14(16)17)10-12-8-5-4-6-9-12/h4-6,8-9,11,13,15H,3,7,10H2,1-2H3,(H,16,17). The van der Waals surface area contributed by atoms with Gasteiger partial charge in [-0.25, -0.2) is 0 Å². The van der Waals surface area contributed by atoms with Crippen molar-refractivity contribution < 1.29 is 9.90 Å². The van der Waals surface area contributed by atoms with E-state index in [0.29, 0.717) is 6.42 Å². The van der Waals surface area contributed by atoms with Gasteiger partial charge in [-0.1, -0.05) is 43.7 Å². The average molecular weight is 235 g/mol. The lowest BCUT2D eigenvalue weighted by atomic mass is 10.0. The zero-order valence-corrected chi connectivity index (χ0v) is 10.5. The summed E-state index contributed by atoms with van der Waals surface area (Å²) >= 11 is 0. The molecule has 94 valence electrons. The smallest absolute Gasteiger partial charge is 0.321 e. The molecule has 1 aromatic carbocycles. The van der Waals surface area contributed by atoms with Crippen LogP contribution < -0.4 is 5.32 Å². The summed E-state index contributed by atoms with van der Waals surface area (Å²) in [5.74, 6) is -0.781. The van der Waals surface area contributed by atoms with Gasteiger partial charge >= 0.3 is 5.97 Å². The third kappa shape index (κ3) is 5.00. The SMILES string of the molecule is CCCC(C)NC(Cc1ccccc1)C(=O)O. The Labute approximate surface area is 103 Å². The third-order valence-corrected chi connectivity index (χ3v) is 2.79. The van der Waals surface area contributed by atoms with E-state index in [1.54, 1.807) is 0 Å². The Balaban J connectivity index is 2.58. The molecular formula is C14H21NO2. The van der Waals surface area contributed by atoms with Crippen LogP contribution in [0, 0.1) is 0 Å². The number of rotatable bonds is 7. The van der Waals surface area contributed by atoms with Crippen LogP contribution in [0.5, 0.6) is 0 Å². The largest absolute Gasteiger partial charge is 0.480 e. The Morgan fingerprint density at radius 2 is 2.00 bits per heavy atom. The van der Waals surface area contributed by atoms with Crippen LogP contribution in [0.1, 0.15) is 32.3 Å². The Bertz CT molecular complexity index is 337. The molecular weight excluding hydrogens is 214 g/mol. The number of benzene rings is 1. The molecule has 2 atom stereocenters. The van der Waals surface area contributed by atoms with Crippen LogP contribution in [0.25, 0.3) is 0 Å². The van der Waals surface area contributed by atoms with E-state index in [2.05, 4.69) is 12.2 Å². The van der Waals surface area contributed by atoms with Crippen LogP contribution in [0.15, 0.2) is 30.3 Å². The van der Waals surface area contributed by atoms with E-state index in [4.69, 9.17) is 0 Å². The maximum atomic E-state index is 11.2. The van der Waals surface area contributed by atoms with Crippen LogP contribution in [0.2, 0.25) is 0 Å². The summed E-state index contributed by atoms with van der Waals surface area (Å²) in [6.45, 7) is 4.13. The molecule has 2 N–H and O–H groups in total. The zero-order valence-electron chi connectivity index (χ0n) is 10.5. The van der Waals surface area contributed by atoms with Crippen molar-refractivity contribution >= 4 is 5.97 Å². The highest BCUT2D eigenvalue weighted by molar-refractivity contribution is 5.73. The van der Waals surface area contributed by atoms with Gasteiger partial charge < -0.3 is 10.4 Å². The van der Waals surface area contributed by atoms with Crippen LogP contribution >= 0.6 is 0 Å². The monoisotopic (exact) mass is 235 g/mol. The van der Waals surface area contributed by atoms with Crippen molar-refractivity contribution in [3.63, 3.8) is 0 Å². The first-order valence-corrected chi connectivity index (χ1v) is 6.16. The number of carbonyl (C=O) groups is 1. The van der Waals surface area contributed by atoms with Gasteiger partial charge in [0.2, 0.25) is 0 Å². The van der Waals surface area contributed by atoms with Crippen molar-refractivity contribution in [2.24, 2.45) is 0 Å². The molecule has 0 radical (unpaired) electrons. The number of hydrogen-bond acceptors (Lipinski definition) is 2. The van der Waals surface area contributed by atoms with Gasteiger partial charge in [0.15, 0.2) is 0 Å². The van der Waals surface area contributed by atoms with Crippen molar-refractivity contribution in [2.75, 3.05) is 0 Å². The Morgan fingerprint density at radius 3 is 2.53 bits per heavy atom. The van der Waals surface area contributed by atoms with Crippen LogP contribution in [-0.2, 0) is 11.2 Å². The summed E-state index contributed by atoms with van der Waals surface area (Å²) in [6, 6.07) is 9.47. The molecule has 3 heteroatoms. The third-order valence-electron chi connectivity index (χ3n) is 2.79. The zero-order chi connectivity index (χ0) is 12.7. The highest BCUT2D eigenvalue weighted by atomic mass is 16.4. The molecule has 0 saturated heterocycles. The molecule has 0 amide bonds. The number of nitrogens with one attached hydrogen (secondary N) is 1. The Hall–Kier alpha value is -1.35. The maximum Gasteiger partial charge on any atom is 0.321 e. The molecule has 2 unspecified atom stereocenters. The number of carboxylic acids is 1. The van der Waals surface area contributed by atoms with Crippen molar-refractivity contribution in [3.8, 4) is 0 Å². The fourth-order valence-corrected chi connectivity index (χ4v) is 1.93. The second kappa shape index (κ2) is 7.07. The molecule has 0 bridgehead atoms. The topological polar surface area (TPSA) is 49.3 Å². The van der Waals surface area contributed by atoms with E-state index in [-0.39, 0.29) is 6.04 Å². The molecule has 0 aliphatic rings. The fourth-order valence-electron chi connectivity index (χ4n) is 1.93. The molecule has 0 saturated carbocycles. The van der Waals surface area contributed by atoms with Gasteiger partial charge in [-0.2, -0.15) is 0 Å². The van der Waals surface area contributed by atoms with Gasteiger partial charge in [0.1, 0.15) is 6.04 Å². The maximum absolute atomic E-state index is 11.2. The molecule has 3 nitrogen and oxygen atoms in total. The molecule has 1 rings (SSSR count). The van der Waals surface area contributed by atoms with Crippen LogP contribution in [0.4, 0.5) is 0 Å². The summed E-state index contributed by atoms with van der Waals surface area (Å²) in [5, 5.41) is 12.4. The van der Waals surface area contributed by atoms with Crippen molar-refractivity contribution in [3.05, 3.63) is 35.9 Å². The summed E-state index contributed by atoms with van der Waals surface area (Å²) in [4.78, 5) is 11.2. The van der Waals surface area contributed by atoms with Gasteiger partial charge in [0.05, 0.1) is 0 Å². The lowest BCUT2D eigenvalue weighted by Gasteiger charge is -2.19. The number of hydrogen-bond donors (Lipinski definition) is 2. The fraction of sp³-hybridized carbons (Fsp3) is 0.500.